The molecule has 2 aliphatic heterocycles. The third kappa shape index (κ3) is 3.12. The molecule has 4 fully saturated rings. The van der Waals surface area contributed by atoms with Gasteiger partial charge in [0.25, 0.3) is 0 Å². The van der Waals surface area contributed by atoms with E-state index >= 15 is 0 Å². The fourth-order valence-electron chi connectivity index (χ4n) is 4.40. The molecule has 2 unspecified atom stereocenters. The van der Waals surface area contributed by atoms with Gasteiger partial charge in [-0.1, -0.05) is 0 Å². The van der Waals surface area contributed by atoms with E-state index in [0.717, 1.165) is 68.6 Å². The number of hydrogen-bond donors (Lipinski definition) is 3. The molecule has 2 aromatic heterocycles. The topological polar surface area (TPSA) is 85.0 Å². The first-order chi connectivity index (χ1) is 13.3. The summed E-state index contributed by atoms with van der Waals surface area (Å²) in [4.78, 5) is 14.4. The molecular formula is C19H26N8. The van der Waals surface area contributed by atoms with Crippen LogP contribution in [-0.2, 0) is 0 Å². The lowest BCUT2D eigenvalue weighted by Crippen LogP contribution is -2.44. The second-order valence-corrected chi connectivity index (χ2v) is 8.41. The van der Waals surface area contributed by atoms with Crippen molar-refractivity contribution in [2.45, 2.75) is 25.2 Å². The van der Waals surface area contributed by atoms with Gasteiger partial charge < -0.3 is 20.4 Å². The number of piperidine rings is 1. The molecule has 0 amide bonds. The third-order valence-electron chi connectivity index (χ3n) is 6.30. The van der Waals surface area contributed by atoms with Crippen LogP contribution < -0.4 is 20.4 Å². The molecule has 0 aromatic carbocycles. The van der Waals surface area contributed by atoms with E-state index in [2.05, 4.69) is 42.8 Å². The van der Waals surface area contributed by atoms with Gasteiger partial charge in [-0.15, -0.1) is 0 Å². The molecule has 27 heavy (non-hydrogen) atoms. The van der Waals surface area contributed by atoms with E-state index in [0.29, 0.717) is 11.9 Å². The van der Waals surface area contributed by atoms with Crippen molar-refractivity contribution in [3.8, 4) is 0 Å². The van der Waals surface area contributed by atoms with E-state index in [1.165, 1.54) is 25.0 Å². The minimum Gasteiger partial charge on any atom is -0.356 e. The molecule has 4 aliphatic rings. The van der Waals surface area contributed by atoms with E-state index < -0.39 is 0 Å². The monoisotopic (exact) mass is 366 g/mol. The second-order valence-electron chi connectivity index (χ2n) is 8.41. The van der Waals surface area contributed by atoms with Crippen LogP contribution in [0.1, 0.15) is 30.9 Å². The first-order valence-corrected chi connectivity index (χ1v) is 10.2. The number of piperazine rings is 1. The number of aromatic amines is 1. The summed E-state index contributed by atoms with van der Waals surface area (Å²) in [7, 11) is 0. The maximum Gasteiger partial charge on any atom is 0.232 e. The molecule has 4 heterocycles. The van der Waals surface area contributed by atoms with Crippen LogP contribution in [0.5, 0.6) is 0 Å². The highest BCUT2D eigenvalue weighted by molar-refractivity contribution is 5.59. The molecule has 142 valence electrons. The average Bonchev–Trinajstić information content (AvgIpc) is 3.61. The first-order valence-electron chi connectivity index (χ1n) is 10.2. The lowest BCUT2D eigenvalue weighted by molar-refractivity contribution is 0.584. The molecule has 2 aromatic rings. The van der Waals surface area contributed by atoms with Gasteiger partial charge in [-0.05, 0) is 31.1 Å². The highest BCUT2D eigenvalue weighted by Crippen LogP contribution is 2.46. The number of fused-ring (bicyclic) bond motifs is 1. The minimum absolute atomic E-state index is 0.649. The zero-order valence-electron chi connectivity index (χ0n) is 15.5. The van der Waals surface area contributed by atoms with Crippen molar-refractivity contribution in [2.24, 2.45) is 11.8 Å². The Morgan fingerprint density at radius 3 is 2.44 bits per heavy atom. The van der Waals surface area contributed by atoms with Crippen LogP contribution in [0.3, 0.4) is 0 Å². The van der Waals surface area contributed by atoms with Gasteiger partial charge in [0, 0.05) is 63.0 Å². The zero-order valence-corrected chi connectivity index (χ0v) is 15.5. The van der Waals surface area contributed by atoms with Crippen molar-refractivity contribution in [3.63, 3.8) is 0 Å². The second kappa shape index (κ2) is 6.09. The highest BCUT2D eigenvalue weighted by Gasteiger charge is 2.45. The summed E-state index contributed by atoms with van der Waals surface area (Å²) < 4.78 is 0. The molecule has 0 spiro atoms. The lowest BCUT2D eigenvalue weighted by Gasteiger charge is -2.29. The van der Waals surface area contributed by atoms with Crippen molar-refractivity contribution in [2.75, 3.05) is 54.4 Å². The highest BCUT2D eigenvalue weighted by atomic mass is 15.3. The van der Waals surface area contributed by atoms with Gasteiger partial charge >= 0.3 is 0 Å². The summed E-state index contributed by atoms with van der Waals surface area (Å²) in [6.45, 7) is 6.23. The lowest BCUT2D eigenvalue weighted by atomic mass is 10.3. The third-order valence-corrected chi connectivity index (χ3v) is 6.30. The minimum atomic E-state index is 0.649. The SMILES string of the molecule is c1c(N2CCNCC2)nc(Nc2cc(C3CC3)[nH]n2)nc1N1CC2CC2C1. The van der Waals surface area contributed by atoms with Crippen LogP contribution >= 0.6 is 0 Å². The van der Waals surface area contributed by atoms with E-state index in [9.17, 15) is 0 Å². The van der Waals surface area contributed by atoms with Gasteiger partial charge in [0.2, 0.25) is 5.95 Å². The maximum atomic E-state index is 4.84. The molecule has 2 saturated heterocycles. The molecular weight excluding hydrogens is 340 g/mol. The van der Waals surface area contributed by atoms with Crippen LogP contribution in [0.4, 0.5) is 23.4 Å². The van der Waals surface area contributed by atoms with Crippen LogP contribution in [0.15, 0.2) is 12.1 Å². The van der Waals surface area contributed by atoms with E-state index in [4.69, 9.17) is 9.97 Å². The summed E-state index contributed by atoms with van der Waals surface area (Å²) in [5.74, 6) is 5.94. The van der Waals surface area contributed by atoms with Crippen molar-refractivity contribution in [3.05, 3.63) is 17.8 Å². The summed E-state index contributed by atoms with van der Waals surface area (Å²) in [5.41, 5.74) is 1.22. The Bertz CT molecular complexity index is 808. The van der Waals surface area contributed by atoms with E-state index in [1.807, 2.05) is 0 Å². The zero-order chi connectivity index (χ0) is 17.8. The van der Waals surface area contributed by atoms with Crippen molar-refractivity contribution in [1.29, 1.82) is 0 Å². The number of hydrogen-bond acceptors (Lipinski definition) is 7. The number of rotatable bonds is 5. The van der Waals surface area contributed by atoms with Crippen molar-refractivity contribution < 1.29 is 0 Å². The Morgan fingerprint density at radius 2 is 1.70 bits per heavy atom. The molecule has 3 N–H and O–H groups in total. The predicted octanol–water partition coefficient (Wildman–Crippen LogP) is 1.69. The van der Waals surface area contributed by atoms with Gasteiger partial charge in [-0.25, -0.2) is 0 Å². The summed E-state index contributed by atoms with van der Waals surface area (Å²) in [6.07, 6.45) is 3.92. The number of anilines is 4. The molecule has 8 nitrogen and oxygen atoms in total. The average molecular weight is 366 g/mol. The molecule has 2 aliphatic carbocycles. The normalized spacial score (nSPS) is 27.0. The van der Waals surface area contributed by atoms with Crippen LogP contribution in [0.2, 0.25) is 0 Å². The largest absolute Gasteiger partial charge is 0.356 e. The van der Waals surface area contributed by atoms with Crippen LogP contribution in [0, 0.1) is 11.8 Å². The van der Waals surface area contributed by atoms with Gasteiger partial charge in [0.15, 0.2) is 5.82 Å². The summed E-state index contributed by atoms with van der Waals surface area (Å²) in [5, 5.41) is 14.3. The summed E-state index contributed by atoms with van der Waals surface area (Å²) in [6, 6.07) is 4.27. The number of nitrogens with zero attached hydrogens (tertiary/aromatic N) is 5. The van der Waals surface area contributed by atoms with E-state index in [1.54, 1.807) is 0 Å². The van der Waals surface area contributed by atoms with E-state index in [-0.39, 0.29) is 0 Å². The van der Waals surface area contributed by atoms with Crippen molar-refractivity contribution >= 4 is 23.4 Å². The van der Waals surface area contributed by atoms with Crippen LogP contribution in [-0.4, -0.2) is 59.4 Å². The first kappa shape index (κ1) is 15.7. The number of aromatic nitrogens is 4. The molecule has 0 radical (unpaired) electrons. The van der Waals surface area contributed by atoms with Crippen molar-refractivity contribution in [1.82, 2.24) is 25.5 Å². The van der Waals surface area contributed by atoms with Gasteiger partial charge in [0.1, 0.15) is 11.6 Å². The molecule has 8 heteroatoms. The fraction of sp³-hybridized carbons (Fsp3) is 0.632. The smallest absolute Gasteiger partial charge is 0.232 e. The van der Waals surface area contributed by atoms with Crippen LogP contribution in [0.25, 0.3) is 0 Å². The molecule has 2 atom stereocenters. The Hall–Kier alpha value is -2.35. The van der Waals surface area contributed by atoms with Gasteiger partial charge in [-0.2, -0.15) is 15.1 Å². The molecule has 6 rings (SSSR count). The van der Waals surface area contributed by atoms with Gasteiger partial charge in [-0.3, -0.25) is 5.10 Å². The number of nitrogens with one attached hydrogen (secondary N) is 3. The number of H-pyrrole nitrogens is 1. The van der Waals surface area contributed by atoms with Gasteiger partial charge in [0.05, 0.1) is 0 Å². The fourth-order valence-corrected chi connectivity index (χ4v) is 4.40. The Labute approximate surface area is 158 Å². The predicted molar refractivity (Wildman–Crippen MR) is 105 cm³/mol. The molecule has 0 bridgehead atoms. The maximum absolute atomic E-state index is 4.84. The Morgan fingerprint density at radius 1 is 0.963 bits per heavy atom. The summed E-state index contributed by atoms with van der Waals surface area (Å²) >= 11 is 0. The molecule has 2 saturated carbocycles. The Kier molecular flexibility index (Phi) is 3.54. The quantitative estimate of drug-likeness (QED) is 0.742. The standard InChI is InChI=1S/C19H26N8/c1-2-12(1)15-8-16(25-24-15)21-19-22-17(26-5-3-20-4-6-26)9-18(23-19)27-10-13-7-14(13)11-27/h8-9,12-14,20H,1-7,10-11H2,(H2,21,22,23,24,25). The Balaban J connectivity index is 1.29.